The standard InChI is InChI=1S/C20H23NO3S2/c1-3-24-20(23)17-13-9-5-8-12-16(13)26-19(17)21-18(22)14-10-6-7-11-15(14)25-4-2/h6-7,10-11H,3-5,8-9,12H2,1-2H3,(H,21,22). The highest BCUT2D eigenvalue weighted by atomic mass is 32.2. The number of thiophene rings is 1. The number of anilines is 1. The van der Waals surface area contributed by atoms with Crippen LogP contribution in [-0.4, -0.2) is 24.2 Å². The second kappa shape index (κ2) is 8.73. The third-order valence-corrected chi connectivity index (χ3v) is 6.47. The van der Waals surface area contributed by atoms with E-state index >= 15 is 0 Å². The van der Waals surface area contributed by atoms with Gasteiger partial charge in [0.2, 0.25) is 0 Å². The van der Waals surface area contributed by atoms with E-state index in [-0.39, 0.29) is 11.9 Å². The van der Waals surface area contributed by atoms with Crippen LogP contribution in [0.15, 0.2) is 29.2 Å². The number of hydrogen-bond acceptors (Lipinski definition) is 5. The van der Waals surface area contributed by atoms with Gasteiger partial charge in [0.1, 0.15) is 5.00 Å². The summed E-state index contributed by atoms with van der Waals surface area (Å²) in [5.74, 6) is 0.384. The summed E-state index contributed by atoms with van der Waals surface area (Å²) in [6, 6.07) is 7.57. The molecule has 4 nitrogen and oxygen atoms in total. The summed E-state index contributed by atoms with van der Waals surface area (Å²) in [5.41, 5.74) is 2.26. The van der Waals surface area contributed by atoms with Gasteiger partial charge >= 0.3 is 5.97 Å². The van der Waals surface area contributed by atoms with Crippen molar-refractivity contribution in [2.75, 3.05) is 17.7 Å². The zero-order chi connectivity index (χ0) is 18.5. The lowest BCUT2D eigenvalue weighted by atomic mass is 9.95. The van der Waals surface area contributed by atoms with E-state index < -0.39 is 0 Å². The van der Waals surface area contributed by atoms with Crippen molar-refractivity contribution in [2.24, 2.45) is 0 Å². The van der Waals surface area contributed by atoms with Gasteiger partial charge in [-0.2, -0.15) is 0 Å². The van der Waals surface area contributed by atoms with Gasteiger partial charge in [0, 0.05) is 9.77 Å². The van der Waals surface area contributed by atoms with Crippen LogP contribution >= 0.6 is 23.1 Å². The lowest BCUT2D eigenvalue weighted by molar-refractivity contribution is 0.0526. The number of rotatable bonds is 6. The fourth-order valence-corrected chi connectivity index (χ4v) is 5.25. The molecule has 0 atom stereocenters. The summed E-state index contributed by atoms with van der Waals surface area (Å²) in [6.07, 6.45) is 4.03. The Morgan fingerprint density at radius 1 is 1.19 bits per heavy atom. The number of fused-ring (bicyclic) bond motifs is 1. The van der Waals surface area contributed by atoms with Crippen LogP contribution < -0.4 is 5.32 Å². The number of aryl methyl sites for hydroxylation is 1. The average molecular weight is 390 g/mol. The van der Waals surface area contributed by atoms with E-state index in [1.54, 1.807) is 18.7 Å². The molecule has 1 N–H and O–H groups in total. The molecule has 1 amide bonds. The van der Waals surface area contributed by atoms with Crippen molar-refractivity contribution >= 4 is 40.0 Å². The molecule has 0 spiro atoms. The molecule has 0 radical (unpaired) electrons. The fourth-order valence-electron chi connectivity index (χ4n) is 3.18. The van der Waals surface area contributed by atoms with Crippen molar-refractivity contribution < 1.29 is 14.3 Å². The van der Waals surface area contributed by atoms with Gasteiger partial charge in [-0.1, -0.05) is 19.1 Å². The Bertz CT molecular complexity index is 813. The molecule has 1 aliphatic rings. The van der Waals surface area contributed by atoms with Crippen LogP contribution in [0.3, 0.4) is 0 Å². The molecule has 2 aromatic rings. The summed E-state index contributed by atoms with van der Waals surface area (Å²) >= 11 is 3.16. The van der Waals surface area contributed by atoms with Crippen molar-refractivity contribution in [1.29, 1.82) is 0 Å². The highest BCUT2D eigenvalue weighted by molar-refractivity contribution is 7.99. The predicted molar refractivity (Wildman–Crippen MR) is 108 cm³/mol. The van der Waals surface area contributed by atoms with Gasteiger partial charge < -0.3 is 10.1 Å². The summed E-state index contributed by atoms with van der Waals surface area (Å²) in [7, 11) is 0. The zero-order valence-electron chi connectivity index (χ0n) is 15.1. The van der Waals surface area contributed by atoms with Gasteiger partial charge in [0.05, 0.1) is 17.7 Å². The highest BCUT2D eigenvalue weighted by Gasteiger charge is 2.27. The molecule has 1 aromatic heterocycles. The molecule has 0 bridgehead atoms. The quantitative estimate of drug-likeness (QED) is 0.547. The van der Waals surface area contributed by atoms with E-state index in [4.69, 9.17) is 4.74 Å². The average Bonchev–Trinajstić information content (AvgIpc) is 3.00. The Labute approximate surface area is 162 Å². The topological polar surface area (TPSA) is 55.4 Å². The maximum absolute atomic E-state index is 12.9. The van der Waals surface area contributed by atoms with Crippen LogP contribution in [0.25, 0.3) is 0 Å². The van der Waals surface area contributed by atoms with Crippen LogP contribution in [0.2, 0.25) is 0 Å². The van der Waals surface area contributed by atoms with Crippen molar-refractivity contribution in [2.45, 2.75) is 44.4 Å². The van der Waals surface area contributed by atoms with Crippen LogP contribution in [-0.2, 0) is 17.6 Å². The number of esters is 1. The first kappa shape index (κ1) is 19.0. The van der Waals surface area contributed by atoms with Gasteiger partial charge in [-0.05, 0) is 56.1 Å². The molecule has 0 unspecified atom stereocenters. The van der Waals surface area contributed by atoms with E-state index in [9.17, 15) is 9.59 Å². The minimum atomic E-state index is -0.335. The molecule has 0 fully saturated rings. The zero-order valence-corrected chi connectivity index (χ0v) is 16.7. The highest BCUT2D eigenvalue weighted by Crippen LogP contribution is 2.39. The molecule has 138 valence electrons. The van der Waals surface area contributed by atoms with Crippen molar-refractivity contribution in [3.63, 3.8) is 0 Å². The van der Waals surface area contributed by atoms with Gasteiger partial charge in [0.25, 0.3) is 5.91 Å². The van der Waals surface area contributed by atoms with E-state index in [1.807, 2.05) is 24.3 Å². The van der Waals surface area contributed by atoms with Crippen LogP contribution in [0.1, 0.15) is 57.8 Å². The Morgan fingerprint density at radius 3 is 2.73 bits per heavy atom. The number of carbonyl (C=O) groups is 2. The minimum Gasteiger partial charge on any atom is -0.462 e. The Kier molecular flexibility index (Phi) is 6.38. The van der Waals surface area contributed by atoms with Crippen LogP contribution in [0, 0.1) is 0 Å². The Hall–Kier alpha value is -1.79. The number of hydrogen-bond donors (Lipinski definition) is 1. The van der Waals surface area contributed by atoms with Gasteiger partial charge in [-0.15, -0.1) is 23.1 Å². The van der Waals surface area contributed by atoms with Crippen molar-refractivity contribution in [3.8, 4) is 0 Å². The van der Waals surface area contributed by atoms with E-state index in [0.29, 0.717) is 22.7 Å². The van der Waals surface area contributed by atoms with E-state index in [2.05, 4.69) is 12.2 Å². The Balaban J connectivity index is 1.93. The smallest absolute Gasteiger partial charge is 0.341 e. The molecule has 1 aliphatic carbocycles. The molecule has 1 heterocycles. The summed E-state index contributed by atoms with van der Waals surface area (Å²) in [6.45, 7) is 4.19. The third kappa shape index (κ3) is 3.96. The van der Waals surface area contributed by atoms with E-state index in [0.717, 1.165) is 41.9 Å². The first-order chi connectivity index (χ1) is 12.7. The number of amides is 1. The molecule has 0 saturated carbocycles. The normalized spacial score (nSPS) is 13.2. The monoisotopic (exact) mass is 389 g/mol. The lowest BCUT2D eigenvalue weighted by Gasteiger charge is -2.12. The maximum atomic E-state index is 12.9. The number of nitrogens with one attached hydrogen (secondary N) is 1. The minimum absolute atomic E-state index is 0.175. The number of benzene rings is 1. The molecule has 3 rings (SSSR count). The molecule has 0 aliphatic heterocycles. The molecule has 26 heavy (non-hydrogen) atoms. The van der Waals surface area contributed by atoms with Gasteiger partial charge in [0.15, 0.2) is 0 Å². The predicted octanol–water partition coefficient (Wildman–Crippen LogP) is 5.17. The fraction of sp³-hybridized carbons (Fsp3) is 0.400. The number of thioether (sulfide) groups is 1. The maximum Gasteiger partial charge on any atom is 0.341 e. The summed E-state index contributed by atoms with van der Waals surface area (Å²) in [5, 5.41) is 3.61. The van der Waals surface area contributed by atoms with Gasteiger partial charge in [-0.25, -0.2) is 4.79 Å². The first-order valence-electron chi connectivity index (χ1n) is 9.00. The molecular formula is C20H23NO3S2. The molecule has 1 aromatic carbocycles. The molecule has 0 saturated heterocycles. The first-order valence-corrected chi connectivity index (χ1v) is 10.8. The summed E-state index contributed by atoms with van der Waals surface area (Å²) < 4.78 is 5.25. The van der Waals surface area contributed by atoms with Gasteiger partial charge in [-0.3, -0.25) is 4.79 Å². The van der Waals surface area contributed by atoms with E-state index in [1.165, 1.54) is 16.2 Å². The lowest BCUT2D eigenvalue weighted by Crippen LogP contribution is -2.16. The molecular weight excluding hydrogens is 366 g/mol. The largest absolute Gasteiger partial charge is 0.462 e. The van der Waals surface area contributed by atoms with Crippen LogP contribution in [0.5, 0.6) is 0 Å². The summed E-state index contributed by atoms with van der Waals surface area (Å²) in [4.78, 5) is 27.6. The number of carbonyl (C=O) groups excluding carboxylic acids is 2. The van der Waals surface area contributed by atoms with Crippen molar-refractivity contribution in [3.05, 3.63) is 45.8 Å². The van der Waals surface area contributed by atoms with Crippen molar-refractivity contribution in [1.82, 2.24) is 0 Å². The number of ether oxygens (including phenoxy) is 1. The molecule has 6 heteroatoms. The second-order valence-corrected chi connectivity index (χ2v) is 8.43. The van der Waals surface area contributed by atoms with Crippen LogP contribution in [0.4, 0.5) is 5.00 Å². The second-order valence-electron chi connectivity index (χ2n) is 6.02. The Morgan fingerprint density at radius 2 is 1.96 bits per heavy atom. The third-order valence-electron chi connectivity index (χ3n) is 4.31. The SMILES string of the molecule is CCOC(=O)c1c(NC(=O)c2ccccc2SCC)sc2c1CCCC2.